The summed E-state index contributed by atoms with van der Waals surface area (Å²) in [5.74, 6) is 0.163. The number of sulfonamides is 1. The molecule has 1 amide bonds. The summed E-state index contributed by atoms with van der Waals surface area (Å²) in [6.45, 7) is 1.02. The molecule has 1 N–H and O–H groups in total. The van der Waals surface area contributed by atoms with E-state index < -0.39 is 10.0 Å². The van der Waals surface area contributed by atoms with E-state index in [9.17, 15) is 13.2 Å². The average Bonchev–Trinajstić information content (AvgIpc) is 3.14. The number of aromatic nitrogens is 3. The Kier molecular flexibility index (Phi) is 5.67. The zero-order valence-corrected chi connectivity index (χ0v) is 15.5. The highest BCUT2D eigenvalue weighted by molar-refractivity contribution is 7.88. The highest BCUT2D eigenvalue weighted by atomic mass is 32.2. The van der Waals surface area contributed by atoms with E-state index in [2.05, 4.69) is 15.2 Å². The second-order valence-electron chi connectivity index (χ2n) is 6.57. The van der Waals surface area contributed by atoms with Crippen molar-refractivity contribution in [3.05, 3.63) is 48.0 Å². The SMILES string of the molecule is CN(Cc1ncn[nH]1)C(=O)C1CCCN(S(=O)(=O)Cc2ccccc2)C1. The minimum Gasteiger partial charge on any atom is -0.338 e. The Bertz CT molecular complexity index is 823. The minimum atomic E-state index is -3.44. The van der Waals surface area contributed by atoms with E-state index in [0.29, 0.717) is 31.8 Å². The standard InChI is InChI=1S/C17H23N5O3S/c1-21(11-16-18-13-19-20-16)17(23)15-8-5-9-22(10-15)26(24,25)12-14-6-3-2-4-7-14/h2-4,6-7,13,15H,5,8-12H2,1H3,(H,18,19,20). The molecule has 1 aromatic carbocycles. The van der Waals surface area contributed by atoms with Crippen LogP contribution in [0.3, 0.4) is 0 Å². The summed E-state index contributed by atoms with van der Waals surface area (Å²) in [6.07, 6.45) is 2.77. The molecule has 1 aliphatic heterocycles. The Morgan fingerprint density at radius 1 is 1.35 bits per heavy atom. The maximum absolute atomic E-state index is 12.7. The monoisotopic (exact) mass is 377 g/mol. The molecular formula is C17H23N5O3S. The van der Waals surface area contributed by atoms with Crippen LogP contribution in [0.1, 0.15) is 24.2 Å². The molecule has 2 heterocycles. The molecule has 0 bridgehead atoms. The molecule has 1 atom stereocenters. The number of nitrogens with zero attached hydrogens (tertiary/aromatic N) is 4. The molecule has 8 nitrogen and oxygen atoms in total. The summed E-state index contributed by atoms with van der Waals surface area (Å²) < 4.78 is 26.9. The molecular weight excluding hydrogens is 354 g/mol. The molecule has 2 aromatic rings. The molecule has 1 aliphatic rings. The summed E-state index contributed by atoms with van der Waals surface area (Å²) in [5, 5.41) is 6.49. The van der Waals surface area contributed by atoms with Gasteiger partial charge in [0.2, 0.25) is 15.9 Å². The summed E-state index contributed by atoms with van der Waals surface area (Å²) >= 11 is 0. The van der Waals surface area contributed by atoms with Crippen molar-refractivity contribution in [3.8, 4) is 0 Å². The number of H-pyrrole nitrogens is 1. The van der Waals surface area contributed by atoms with Crippen LogP contribution in [0, 0.1) is 5.92 Å². The van der Waals surface area contributed by atoms with Crippen LogP contribution in [0.2, 0.25) is 0 Å². The van der Waals surface area contributed by atoms with E-state index in [4.69, 9.17) is 0 Å². The third-order valence-corrected chi connectivity index (χ3v) is 6.36. The lowest BCUT2D eigenvalue weighted by molar-refractivity contribution is -0.136. The summed E-state index contributed by atoms with van der Waals surface area (Å²) in [7, 11) is -1.75. The Morgan fingerprint density at radius 2 is 2.12 bits per heavy atom. The zero-order chi connectivity index (χ0) is 18.6. The molecule has 0 spiro atoms. The van der Waals surface area contributed by atoms with Gasteiger partial charge in [0.25, 0.3) is 0 Å². The molecule has 1 unspecified atom stereocenters. The van der Waals surface area contributed by atoms with Crippen LogP contribution in [-0.4, -0.2) is 58.8 Å². The number of benzene rings is 1. The van der Waals surface area contributed by atoms with Crippen LogP contribution in [0.4, 0.5) is 0 Å². The van der Waals surface area contributed by atoms with Gasteiger partial charge in [0, 0.05) is 20.1 Å². The number of hydrogen-bond acceptors (Lipinski definition) is 5. The van der Waals surface area contributed by atoms with E-state index in [1.165, 1.54) is 10.6 Å². The van der Waals surface area contributed by atoms with Gasteiger partial charge in [-0.2, -0.15) is 5.10 Å². The van der Waals surface area contributed by atoms with Crippen molar-refractivity contribution in [1.29, 1.82) is 0 Å². The van der Waals surface area contributed by atoms with E-state index in [-0.39, 0.29) is 24.1 Å². The van der Waals surface area contributed by atoms with Crippen molar-refractivity contribution in [2.24, 2.45) is 5.92 Å². The quantitative estimate of drug-likeness (QED) is 0.810. The number of rotatable bonds is 6. The molecule has 0 aliphatic carbocycles. The van der Waals surface area contributed by atoms with Crippen molar-refractivity contribution < 1.29 is 13.2 Å². The van der Waals surface area contributed by atoms with Crippen LogP contribution in [0.25, 0.3) is 0 Å². The summed E-state index contributed by atoms with van der Waals surface area (Å²) in [4.78, 5) is 18.3. The van der Waals surface area contributed by atoms with Gasteiger partial charge in [-0.25, -0.2) is 17.7 Å². The maximum Gasteiger partial charge on any atom is 0.227 e. The van der Waals surface area contributed by atoms with Gasteiger partial charge < -0.3 is 4.90 Å². The lowest BCUT2D eigenvalue weighted by Crippen LogP contribution is -2.46. The number of carbonyl (C=O) groups is 1. The molecule has 0 radical (unpaired) electrons. The smallest absolute Gasteiger partial charge is 0.227 e. The van der Waals surface area contributed by atoms with Crippen LogP contribution in [0.5, 0.6) is 0 Å². The van der Waals surface area contributed by atoms with Crippen molar-refractivity contribution in [3.63, 3.8) is 0 Å². The zero-order valence-electron chi connectivity index (χ0n) is 14.7. The van der Waals surface area contributed by atoms with Crippen molar-refractivity contribution in [2.45, 2.75) is 25.1 Å². The normalized spacial score (nSPS) is 18.6. The number of piperidine rings is 1. The number of nitrogens with one attached hydrogen (secondary N) is 1. The molecule has 140 valence electrons. The van der Waals surface area contributed by atoms with E-state index in [1.807, 2.05) is 18.2 Å². The van der Waals surface area contributed by atoms with E-state index >= 15 is 0 Å². The first-order valence-corrected chi connectivity index (χ1v) is 10.2. The van der Waals surface area contributed by atoms with Crippen LogP contribution >= 0.6 is 0 Å². The third-order valence-electron chi connectivity index (χ3n) is 4.55. The van der Waals surface area contributed by atoms with E-state index in [1.54, 1.807) is 24.1 Å². The molecule has 1 saturated heterocycles. The van der Waals surface area contributed by atoms with Gasteiger partial charge in [-0.05, 0) is 18.4 Å². The Hall–Kier alpha value is -2.26. The Balaban J connectivity index is 1.63. The van der Waals surface area contributed by atoms with Crippen LogP contribution in [0.15, 0.2) is 36.7 Å². The van der Waals surface area contributed by atoms with Crippen LogP contribution < -0.4 is 0 Å². The predicted octanol–water partition coefficient (Wildman–Crippen LogP) is 1.01. The fourth-order valence-electron chi connectivity index (χ4n) is 3.19. The predicted molar refractivity (Wildman–Crippen MR) is 96.2 cm³/mol. The average molecular weight is 377 g/mol. The van der Waals surface area contributed by atoms with Crippen molar-refractivity contribution in [1.82, 2.24) is 24.4 Å². The maximum atomic E-state index is 12.7. The fourth-order valence-corrected chi connectivity index (χ4v) is 4.80. The largest absolute Gasteiger partial charge is 0.338 e. The molecule has 1 aromatic heterocycles. The van der Waals surface area contributed by atoms with Crippen molar-refractivity contribution in [2.75, 3.05) is 20.1 Å². The topological polar surface area (TPSA) is 99.3 Å². The molecule has 1 fully saturated rings. The summed E-state index contributed by atoms with van der Waals surface area (Å²) in [5.41, 5.74) is 0.753. The highest BCUT2D eigenvalue weighted by Crippen LogP contribution is 2.23. The van der Waals surface area contributed by atoms with Gasteiger partial charge in [0.15, 0.2) is 0 Å². The lowest BCUT2D eigenvalue weighted by Gasteiger charge is -2.33. The first-order chi connectivity index (χ1) is 12.5. The minimum absolute atomic E-state index is 0.0390. The van der Waals surface area contributed by atoms with Gasteiger partial charge in [0.1, 0.15) is 12.2 Å². The fraction of sp³-hybridized carbons (Fsp3) is 0.471. The first-order valence-electron chi connectivity index (χ1n) is 8.56. The van der Waals surface area contributed by atoms with Gasteiger partial charge in [-0.1, -0.05) is 30.3 Å². The van der Waals surface area contributed by atoms with E-state index in [0.717, 1.165) is 5.56 Å². The molecule has 0 saturated carbocycles. The second kappa shape index (κ2) is 7.96. The van der Waals surface area contributed by atoms with Crippen molar-refractivity contribution >= 4 is 15.9 Å². The Labute approximate surface area is 153 Å². The molecule has 9 heteroatoms. The molecule has 26 heavy (non-hydrogen) atoms. The number of aromatic amines is 1. The van der Waals surface area contributed by atoms with Gasteiger partial charge in [-0.15, -0.1) is 0 Å². The lowest BCUT2D eigenvalue weighted by atomic mass is 9.98. The second-order valence-corrected chi connectivity index (χ2v) is 8.53. The molecule has 3 rings (SSSR count). The number of carbonyl (C=O) groups excluding carboxylic acids is 1. The highest BCUT2D eigenvalue weighted by Gasteiger charge is 2.33. The van der Waals surface area contributed by atoms with Gasteiger partial charge >= 0.3 is 0 Å². The first kappa shape index (κ1) is 18.5. The van der Waals surface area contributed by atoms with Gasteiger partial charge in [0.05, 0.1) is 18.2 Å². The van der Waals surface area contributed by atoms with Crippen LogP contribution in [-0.2, 0) is 27.1 Å². The number of amides is 1. The number of hydrogen-bond donors (Lipinski definition) is 1. The Morgan fingerprint density at radius 3 is 2.81 bits per heavy atom. The summed E-state index contributed by atoms with van der Waals surface area (Å²) in [6, 6.07) is 9.11. The third kappa shape index (κ3) is 4.47. The van der Waals surface area contributed by atoms with Gasteiger partial charge in [-0.3, -0.25) is 9.89 Å².